The summed E-state index contributed by atoms with van der Waals surface area (Å²) in [6.07, 6.45) is 10.1. The maximum absolute atomic E-state index is 12.7. The summed E-state index contributed by atoms with van der Waals surface area (Å²) < 4.78 is 5.39. The number of carbonyl (C=O) groups is 2. The van der Waals surface area contributed by atoms with E-state index in [-0.39, 0.29) is 40.8 Å². The summed E-state index contributed by atoms with van der Waals surface area (Å²) in [6.45, 7) is 18.6. The topological polar surface area (TPSA) is 131 Å². The van der Waals surface area contributed by atoms with Crippen molar-refractivity contribution in [1.29, 1.82) is 10.5 Å². The molecule has 48 heavy (non-hydrogen) atoms. The van der Waals surface area contributed by atoms with Gasteiger partial charge in [-0.1, -0.05) is 86.5 Å². The average Bonchev–Trinajstić information content (AvgIpc) is 3.08. The Bertz CT molecular complexity index is 1420. The fourth-order valence-electron chi connectivity index (χ4n) is 5.68. The average molecular weight is 657 g/mol. The highest BCUT2D eigenvalue weighted by Gasteiger charge is 2.22. The zero-order valence-electron chi connectivity index (χ0n) is 30.5. The Labute approximate surface area is 288 Å². The quantitative estimate of drug-likeness (QED) is 0.111. The molecule has 0 aliphatic heterocycles. The van der Waals surface area contributed by atoms with Crippen molar-refractivity contribution >= 4 is 34.6 Å². The van der Waals surface area contributed by atoms with Gasteiger partial charge in [0.05, 0.1) is 29.0 Å². The highest BCUT2D eigenvalue weighted by Crippen LogP contribution is 2.37. The molecule has 9 heteroatoms. The zero-order valence-corrected chi connectivity index (χ0v) is 30.5. The van der Waals surface area contributed by atoms with Crippen LogP contribution in [0, 0.1) is 47.3 Å². The molecule has 1 N–H and O–H groups in total. The molecule has 0 aromatic heterocycles. The zero-order chi connectivity index (χ0) is 35.6. The molecule has 0 saturated heterocycles. The number of azo groups is 1. The van der Waals surface area contributed by atoms with Gasteiger partial charge >= 0.3 is 5.97 Å². The van der Waals surface area contributed by atoms with Crippen molar-refractivity contribution in [2.24, 2.45) is 28.0 Å². The van der Waals surface area contributed by atoms with Crippen LogP contribution in [0.5, 0.6) is 0 Å². The fourth-order valence-corrected chi connectivity index (χ4v) is 5.68. The van der Waals surface area contributed by atoms with Crippen LogP contribution < -0.4 is 10.2 Å². The van der Waals surface area contributed by atoms with Crippen molar-refractivity contribution in [3.05, 3.63) is 46.5 Å². The van der Waals surface area contributed by atoms with Gasteiger partial charge in [0.15, 0.2) is 0 Å². The fraction of sp³-hybridized carbons (Fsp3) is 0.590. The van der Waals surface area contributed by atoms with E-state index in [4.69, 9.17) is 4.74 Å². The van der Waals surface area contributed by atoms with Crippen LogP contribution in [-0.4, -0.2) is 31.6 Å². The van der Waals surface area contributed by atoms with Gasteiger partial charge in [-0.25, -0.2) is 4.79 Å². The Hall–Kier alpha value is -4.24. The van der Waals surface area contributed by atoms with E-state index in [9.17, 15) is 20.1 Å². The number of carbonyl (C=O) groups excluding carboxylic acids is 2. The van der Waals surface area contributed by atoms with Crippen molar-refractivity contribution in [3.8, 4) is 12.1 Å². The molecule has 0 aliphatic carbocycles. The number of ether oxygens (including phenoxy) is 1. The first-order valence-electron chi connectivity index (χ1n) is 17.8. The smallest absolute Gasteiger partial charge is 0.338 e. The van der Waals surface area contributed by atoms with Crippen LogP contribution in [-0.2, 0) is 9.53 Å². The van der Waals surface area contributed by atoms with Gasteiger partial charge in [0.1, 0.15) is 23.5 Å². The Balaban J connectivity index is 2.60. The maximum Gasteiger partial charge on any atom is 0.338 e. The van der Waals surface area contributed by atoms with Gasteiger partial charge < -0.3 is 15.0 Å². The predicted molar refractivity (Wildman–Crippen MR) is 194 cm³/mol. The minimum Gasteiger partial charge on any atom is -0.462 e. The minimum atomic E-state index is -0.601. The summed E-state index contributed by atoms with van der Waals surface area (Å²) >= 11 is 0. The highest BCUT2D eigenvalue weighted by molar-refractivity contribution is 5.94. The van der Waals surface area contributed by atoms with Crippen molar-refractivity contribution < 1.29 is 14.3 Å². The molecule has 3 unspecified atom stereocenters. The summed E-state index contributed by atoms with van der Waals surface area (Å²) in [5.41, 5.74) is 3.19. The number of hydrogen-bond donors (Lipinski definition) is 1. The summed E-state index contributed by atoms with van der Waals surface area (Å²) in [6, 6.07) is 10.7. The lowest BCUT2D eigenvalue weighted by Crippen LogP contribution is -2.34. The lowest BCUT2D eigenvalue weighted by molar-refractivity contribution is -0.114. The van der Waals surface area contributed by atoms with Gasteiger partial charge in [-0.2, -0.15) is 10.5 Å². The second-order valence-corrected chi connectivity index (χ2v) is 13.0. The molecule has 2 aromatic rings. The van der Waals surface area contributed by atoms with E-state index in [1.807, 2.05) is 45.0 Å². The van der Waals surface area contributed by atoms with Crippen molar-refractivity contribution in [1.82, 2.24) is 0 Å². The standard InChI is InChI=1S/C39H56N6O3/c1-9-14-16-30(12-4)24-45(25-31(13-5)17-15-10-2)37-21-35(42-29(8)46)36(18-28(37)7)43-44-38-33(22-40)19-32(20-34(38)23-41)39(47)48-26-27(6)11-3/h18-21,27,30-31H,9-17,24-26H2,1-8H3,(H,42,46). The van der Waals surface area contributed by atoms with Crippen LogP contribution in [0.15, 0.2) is 34.5 Å². The molecular formula is C39H56N6O3. The van der Waals surface area contributed by atoms with E-state index in [2.05, 4.69) is 48.1 Å². The molecular weight excluding hydrogens is 600 g/mol. The molecule has 3 atom stereocenters. The van der Waals surface area contributed by atoms with E-state index in [1.165, 1.54) is 57.6 Å². The largest absolute Gasteiger partial charge is 0.462 e. The Kier molecular flexibility index (Phi) is 17.4. The van der Waals surface area contributed by atoms with Crippen molar-refractivity contribution in [2.45, 2.75) is 113 Å². The molecule has 0 fully saturated rings. The number of nitrogens with zero attached hydrogens (tertiary/aromatic N) is 5. The first-order chi connectivity index (χ1) is 23.0. The molecule has 0 bridgehead atoms. The summed E-state index contributed by atoms with van der Waals surface area (Å²) in [4.78, 5) is 27.6. The third-order valence-corrected chi connectivity index (χ3v) is 9.05. The maximum atomic E-state index is 12.7. The predicted octanol–water partition coefficient (Wildman–Crippen LogP) is 10.6. The van der Waals surface area contributed by atoms with Gasteiger partial charge in [-0.3, -0.25) is 4.79 Å². The van der Waals surface area contributed by atoms with E-state index in [0.717, 1.165) is 43.6 Å². The van der Waals surface area contributed by atoms with Gasteiger partial charge in [0.25, 0.3) is 0 Å². The van der Waals surface area contributed by atoms with E-state index in [0.29, 0.717) is 23.2 Å². The van der Waals surface area contributed by atoms with Gasteiger partial charge in [0, 0.05) is 25.7 Å². The third-order valence-electron chi connectivity index (χ3n) is 9.05. The lowest BCUT2D eigenvalue weighted by atomic mass is 9.94. The summed E-state index contributed by atoms with van der Waals surface area (Å²) in [7, 11) is 0. The van der Waals surface area contributed by atoms with Crippen molar-refractivity contribution in [2.75, 3.05) is 29.9 Å². The number of rotatable bonds is 20. The summed E-state index contributed by atoms with van der Waals surface area (Å²) in [5, 5.41) is 31.6. The van der Waals surface area contributed by atoms with Crippen LogP contribution in [0.25, 0.3) is 0 Å². The molecule has 9 nitrogen and oxygen atoms in total. The SMILES string of the molecule is CCCCC(CC)CN(CC(CC)CCCC)c1cc(NC(C)=O)c(N=Nc2c(C#N)cc(C(=O)OCC(C)CC)cc2C#N)cc1C. The number of aryl methyl sites for hydroxylation is 1. The first kappa shape index (κ1) is 39.9. The minimum absolute atomic E-state index is 0.0317. The Morgan fingerprint density at radius 3 is 1.90 bits per heavy atom. The third kappa shape index (κ3) is 12.1. The number of benzene rings is 2. The molecule has 0 heterocycles. The number of nitrogens with one attached hydrogen (secondary N) is 1. The van der Waals surface area contributed by atoms with E-state index < -0.39 is 5.97 Å². The molecule has 2 aromatic carbocycles. The normalized spacial score (nSPS) is 13.0. The first-order valence-corrected chi connectivity index (χ1v) is 17.8. The van der Waals surface area contributed by atoms with E-state index >= 15 is 0 Å². The molecule has 0 radical (unpaired) electrons. The number of anilines is 2. The van der Waals surface area contributed by atoms with Crippen LogP contribution in [0.4, 0.5) is 22.7 Å². The highest BCUT2D eigenvalue weighted by atomic mass is 16.5. The van der Waals surface area contributed by atoms with Crippen LogP contribution in [0.2, 0.25) is 0 Å². The lowest BCUT2D eigenvalue weighted by Gasteiger charge is -2.34. The van der Waals surface area contributed by atoms with Gasteiger partial charge in [0.2, 0.25) is 5.91 Å². The second kappa shape index (κ2) is 20.9. The van der Waals surface area contributed by atoms with Crippen molar-refractivity contribution in [3.63, 3.8) is 0 Å². The number of esters is 1. The molecule has 0 spiro atoms. The molecule has 260 valence electrons. The van der Waals surface area contributed by atoms with Crippen LogP contribution in [0.3, 0.4) is 0 Å². The van der Waals surface area contributed by atoms with Crippen LogP contribution >= 0.6 is 0 Å². The Morgan fingerprint density at radius 1 is 0.875 bits per heavy atom. The van der Waals surface area contributed by atoms with E-state index in [1.54, 1.807) is 0 Å². The Morgan fingerprint density at radius 2 is 1.44 bits per heavy atom. The van der Waals surface area contributed by atoms with Gasteiger partial charge in [-0.05, 0) is 67.3 Å². The summed E-state index contributed by atoms with van der Waals surface area (Å²) in [5.74, 6) is 0.458. The number of hydrogen-bond acceptors (Lipinski definition) is 8. The molecule has 2 rings (SSSR count). The molecule has 0 saturated carbocycles. The molecule has 1 amide bonds. The van der Waals surface area contributed by atoms with Crippen LogP contribution in [0.1, 0.15) is 133 Å². The molecule has 0 aliphatic rings. The number of nitriles is 2. The monoisotopic (exact) mass is 656 g/mol. The number of unbranched alkanes of at least 4 members (excludes halogenated alkanes) is 2. The second-order valence-electron chi connectivity index (χ2n) is 13.0. The van der Waals surface area contributed by atoms with Gasteiger partial charge in [-0.15, -0.1) is 10.2 Å². The number of amides is 1.